The molecule has 0 aliphatic heterocycles. The van der Waals surface area contributed by atoms with Crippen molar-refractivity contribution in [3.63, 3.8) is 0 Å². The number of rotatable bonds is 9. The van der Waals surface area contributed by atoms with Crippen LogP contribution in [0.4, 0.5) is 17.1 Å². The maximum absolute atomic E-state index is 4.93. The van der Waals surface area contributed by atoms with Crippen molar-refractivity contribution in [2.24, 2.45) is 5.10 Å². The molecule has 0 radical (unpaired) electrons. The van der Waals surface area contributed by atoms with E-state index in [1.54, 1.807) is 0 Å². The lowest BCUT2D eigenvalue weighted by atomic mass is 10.1. The van der Waals surface area contributed by atoms with Crippen molar-refractivity contribution in [2.75, 3.05) is 23.0 Å². The topological polar surface area (TPSA) is 18.8 Å². The van der Waals surface area contributed by atoms with Crippen LogP contribution in [-0.4, -0.2) is 19.3 Å². The Kier molecular flexibility index (Phi) is 7.95. The van der Waals surface area contributed by atoms with Gasteiger partial charge >= 0.3 is 0 Å². The SMILES string of the molecule is CCN(CC)c1ccc(C=Cc2ccc(C=NN(c3ccccc3)c3cccc4ccccc34)cc2)cc1. The van der Waals surface area contributed by atoms with Crippen molar-refractivity contribution in [2.45, 2.75) is 13.8 Å². The van der Waals surface area contributed by atoms with Crippen LogP contribution in [0.25, 0.3) is 22.9 Å². The van der Waals surface area contributed by atoms with Crippen molar-refractivity contribution >= 4 is 46.2 Å². The molecule has 0 N–H and O–H groups in total. The van der Waals surface area contributed by atoms with Gasteiger partial charge in [-0.1, -0.05) is 103 Å². The molecule has 5 aromatic carbocycles. The summed E-state index contributed by atoms with van der Waals surface area (Å²) >= 11 is 0. The van der Waals surface area contributed by atoms with Crippen LogP contribution >= 0.6 is 0 Å². The molecular weight excluding hydrogens is 462 g/mol. The summed E-state index contributed by atoms with van der Waals surface area (Å²) in [6.45, 7) is 6.42. The van der Waals surface area contributed by atoms with Gasteiger partial charge in [-0.2, -0.15) is 5.10 Å². The first-order valence-electron chi connectivity index (χ1n) is 13.2. The summed E-state index contributed by atoms with van der Waals surface area (Å²) in [6.07, 6.45) is 6.24. The Morgan fingerprint density at radius 3 is 1.82 bits per heavy atom. The van der Waals surface area contributed by atoms with Crippen LogP contribution in [0.1, 0.15) is 30.5 Å². The second-order valence-electron chi connectivity index (χ2n) is 9.15. The molecule has 0 amide bonds. The van der Waals surface area contributed by atoms with Gasteiger partial charge in [0.05, 0.1) is 17.6 Å². The zero-order valence-electron chi connectivity index (χ0n) is 22.0. The van der Waals surface area contributed by atoms with Gasteiger partial charge in [0.25, 0.3) is 0 Å². The first-order chi connectivity index (χ1) is 18.7. The molecular formula is C35H33N3. The van der Waals surface area contributed by atoms with Gasteiger partial charge in [0.1, 0.15) is 0 Å². The number of anilines is 3. The predicted octanol–water partition coefficient (Wildman–Crippen LogP) is 9.03. The van der Waals surface area contributed by atoms with E-state index in [2.05, 4.69) is 134 Å². The van der Waals surface area contributed by atoms with E-state index in [9.17, 15) is 0 Å². The first kappa shape index (κ1) is 25.0. The van der Waals surface area contributed by atoms with Crippen LogP contribution in [0.2, 0.25) is 0 Å². The third-order valence-corrected chi connectivity index (χ3v) is 6.74. The number of hydrogen-bond donors (Lipinski definition) is 0. The third kappa shape index (κ3) is 5.84. The predicted molar refractivity (Wildman–Crippen MR) is 165 cm³/mol. The molecule has 5 rings (SSSR count). The van der Waals surface area contributed by atoms with Crippen LogP contribution in [0, 0.1) is 0 Å². The Morgan fingerprint density at radius 2 is 1.13 bits per heavy atom. The molecule has 0 heterocycles. The number of hydrogen-bond acceptors (Lipinski definition) is 3. The summed E-state index contributed by atoms with van der Waals surface area (Å²) in [5.41, 5.74) is 6.74. The largest absolute Gasteiger partial charge is 0.372 e. The molecule has 0 unspecified atom stereocenters. The smallest absolute Gasteiger partial charge is 0.0730 e. The van der Waals surface area contributed by atoms with Crippen molar-refractivity contribution in [1.82, 2.24) is 0 Å². The monoisotopic (exact) mass is 495 g/mol. The molecule has 0 spiro atoms. The van der Waals surface area contributed by atoms with Crippen LogP contribution in [-0.2, 0) is 0 Å². The van der Waals surface area contributed by atoms with E-state index in [0.29, 0.717) is 0 Å². The highest BCUT2D eigenvalue weighted by Gasteiger charge is 2.11. The minimum Gasteiger partial charge on any atom is -0.372 e. The normalized spacial score (nSPS) is 11.4. The van der Waals surface area contributed by atoms with E-state index in [4.69, 9.17) is 5.10 Å². The average molecular weight is 496 g/mol. The molecule has 0 atom stereocenters. The fourth-order valence-electron chi connectivity index (χ4n) is 4.63. The molecule has 0 fully saturated rings. The van der Waals surface area contributed by atoms with E-state index < -0.39 is 0 Å². The summed E-state index contributed by atoms with van der Waals surface area (Å²) in [7, 11) is 0. The summed E-state index contributed by atoms with van der Waals surface area (Å²) in [6, 6.07) is 42.3. The number of benzene rings is 5. The number of fused-ring (bicyclic) bond motifs is 1. The van der Waals surface area contributed by atoms with E-state index >= 15 is 0 Å². The Balaban J connectivity index is 1.35. The number of para-hydroxylation sites is 1. The highest BCUT2D eigenvalue weighted by molar-refractivity contribution is 5.96. The zero-order chi connectivity index (χ0) is 26.2. The van der Waals surface area contributed by atoms with Gasteiger partial charge < -0.3 is 4.90 Å². The average Bonchev–Trinajstić information content (AvgIpc) is 2.99. The lowest BCUT2D eigenvalue weighted by Gasteiger charge is -2.21. The quantitative estimate of drug-likeness (QED) is 0.115. The van der Waals surface area contributed by atoms with Gasteiger partial charge in [-0.25, -0.2) is 5.01 Å². The maximum atomic E-state index is 4.93. The van der Waals surface area contributed by atoms with Crippen LogP contribution in [0.5, 0.6) is 0 Å². The summed E-state index contributed by atoms with van der Waals surface area (Å²) < 4.78 is 0. The van der Waals surface area contributed by atoms with Gasteiger partial charge in [0, 0.05) is 24.2 Å². The van der Waals surface area contributed by atoms with Gasteiger partial charge in [0.2, 0.25) is 0 Å². The molecule has 0 saturated carbocycles. The fraction of sp³-hybridized carbons (Fsp3) is 0.114. The van der Waals surface area contributed by atoms with Crippen molar-refractivity contribution in [3.8, 4) is 0 Å². The first-order valence-corrected chi connectivity index (χ1v) is 13.2. The van der Waals surface area contributed by atoms with Gasteiger partial charge in [-0.05, 0) is 66.3 Å². The minimum absolute atomic E-state index is 1.02. The van der Waals surface area contributed by atoms with Crippen LogP contribution in [0.3, 0.4) is 0 Å². The molecule has 0 saturated heterocycles. The Labute approximate surface area is 226 Å². The lowest BCUT2D eigenvalue weighted by molar-refractivity contribution is 0.866. The van der Waals surface area contributed by atoms with E-state index in [0.717, 1.165) is 35.6 Å². The van der Waals surface area contributed by atoms with Gasteiger partial charge in [-0.3, -0.25) is 0 Å². The summed E-state index contributed by atoms with van der Waals surface area (Å²) in [5.74, 6) is 0. The molecule has 5 aromatic rings. The highest BCUT2D eigenvalue weighted by atomic mass is 15.5. The zero-order valence-corrected chi connectivity index (χ0v) is 22.0. The summed E-state index contributed by atoms with van der Waals surface area (Å²) in [5, 5.41) is 9.31. The van der Waals surface area contributed by atoms with Crippen LogP contribution < -0.4 is 9.91 Å². The van der Waals surface area contributed by atoms with Gasteiger partial charge in [0.15, 0.2) is 0 Å². The molecule has 0 aliphatic rings. The van der Waals surface area contributed by atoms with E-state index in [1.807, 2.05) is 29.4 Å². The maximum Gasteiger partial charge on any atom is 0.0730 e. The number of hydrazone groups is 1. The molecule has 3 nitrogen and oxygen atoms in total. The molecule has 3 heteroatoms. The van der Waals surface area contributed by atoms with E-state index in [1.165, 1.54) is 22.0 Å². The summed E-state index contributed by atoms with van der Waals surface area (Å²) in [4.78, 5) is 2.35. The van der Waals surface area contributed by atoms with Crippen LogP contribution in [0.15, 0.2) is 126 Å². The van der Waals surface area contributed by atoms with Gasteiger partial charge in [-0.15, -0.1) is 0 Å². The molecule has 0 bridgehead atoms. The lowest BCUT2D eigenvalue weighted by Crippen LogP contribution is -2.21. The fourth-order valence-corrected chi connectivity index (χ4v) is 4.63. The second kappa shape index (κ2) is 12.1. The molecule has 0 aliphatic carbocycles. The Hall–Kier alpha value is -4.63. The minimum atomic E-state index is 1.02. The standard InChI is InChI=1S/C35H33N3/c1-3-37(4-2)32-25-23-29(24-26-32)18-17-28-19-21-30(22-20-28)27-36-38(33-13-6-5-7-14-33)35-16-10-12-31-11-8-9-15-34(31)35/h5-27H,3-4H2,1-2H3. The Bertz CT molecular complexity index is 1510. The highest BCUT2D eigenvalue weighted by Crippen LogP contribution is 2.32. The van der Waals surface area contributed by atoms with Crippen molar-refractivity contribution in [3.05, 3.63) is 138 Å². The molecule has 38 heavy (non-hydrogen) atoms. The Morgan fingerprint density at radius 1 is 0.553 bits per heavy atom. The van der Waals surface area contributed by atoms with Crippen molar-refractivity contribution < 1.29 is 0 Å². The number of nitrogens with zero attached hydrogens (tertiary/aromatic N) is 3. The van der Waals surface area contributed by atoms with E-state index in [-0.39, 0.29) is 0 Å². The third-order valence-electron chi connectivity index (χ3n) is 6.74. The second-order valence-corrected chi connectivity index (χ2v) is 9.15. The molecule has 188 valence electrons. The molecule has 0 aromatic heterocycles. The van der Waals surface area contributed by atoms with Crippen molar-refractivity contribution in [1.29, 1.82) is 0 Å².